The predicted octanol–water partition coefficient (Wildman–Crippen LogP) is 3.95. The van der Waals surface area contributed by atoms with Crippen molar-refractivity contribution in [2.24, 2.45) is 0 Å². The number of aromatic nitrogens is 4. The van der Waals surface area contributed by atoms with E-state index in [1.165, 1.54) is 12.1 Å². The minimum absolute atomic E-state index is 0.108. The fraction of sp³-hybridized carbons (Fsp3) is 0.250. The molecule has 1 fully saturated rings. The molecular formula is C20H18FN5O. The number of carbonyl (C=O) groups excluding carboxylic acids is 1. The van der Waals surface area contributed by atoms with E-state index in [2.05, 4.69) is 20.2 Å². The summed E-state index contributed by atoms with van der Waals surface area (Å²) in [5, 5.41) is 8.00. The van der Waals surface area contributed by atoms with E-state index in [0.29, 0.717) is 29.1 Å². The minimum Gasteiger partial charge on any atom is -0.340 e. The summed E-state index contributed by atoms with van der Waals surface area (Å²) in [5.41, 5.74) is 2.62. The first kappa shape index (κ1) is 16.0. The number of fused-ring (bicyclic) bond motifs is 2. The number of halogens is 1. The maximum atomic E-state index is 13.5. The fourth-order valence-corrected chi connectivity index (χ4v) is 3.88. The number of aromatic amines is 2. The molecular weight excluding hydrogens is 345 g/mol. The minimum atomic E-state index is -0.308. The van der Waals surface area contributed by atoms with E-state index in [1.807, 2.05) is 29.2 Å². The molecule has 1 aliphatic heterocycles. The summed E-state index contributed by atoms with van der Waals surface area (Å²) in [4.78, 5) is 22.9. The standard InChI is InChI=1S/C20H18FN5O/c21-12-8-9-15-16(11-12)23-19(22-15)17-7-3-4-10-26(17)20(27)18-13-5-1-2-6-14(13)24-25-18/h1-2,5-6,8-9,11,17H,3-4,7,10H2,(H,22,23)(H,24,25)/t17-/m0/s1. The highest BCUT2D eigenvalue weighted by Gasteiger charge is 2.32. The SMILES string of the molecule is O=C(c1n[nH]c2ccccc12)N1CCCC[C@H]1c1nc2ccc(F)cc2[nH]1. The molecule has 0 unspecified atom stereocenters. The number of likely N-dealkylation sites (tertiary alicyclic amines) is 1. The van der Waals surface area contributed by atoms with Gasteiger partial charge in [-0.15, -0.1) is 0 Å². The molecule has 1 saturated heterocycles. The number of benzene rings is 2. The number of amides is 1. The predicted molar refractivity (Wildman–Crippen MR) is 99.8 cm³/mol. The molecule has 27 heavy (non-hydrogen) atoms. The Labute approximate surface area is 154 Å². The molecule has 6 nitrogen and oxygen atoms in total. The number of H-pyrrole nitrogens is 2. The topological polar surface area (TPSA) is 77.7 Å². The highest BCUT2D eigenvalue weighted by molar-refractivity contribution is 6.04. The van der Waals surface area contributed by atoms with Crippen LogP contribution in [0.15, 0.2) is 42.5 Å². The number of nitrogens with one attached hydrogen (secondary N) is 2. The van der Waals surface area contributed by atoms with Crippen molar-refractivity contribution in [1.82, 2.24) is 25.1 Å². The largest absolute Gasteiger partial charge is 0.340 e. The second-order valence-electron chi connectivity index (χ2n) is 6.91. The van der Waals surface area contributed by atoms with Gasteiger partial charge in [-0.25, -0.2) is 9.37 Å². The number of hydrogen-bond donors (Lipinski definition) is 2. The highest BCUT2D eigenvalue weighted by Crippen LogP contribution is 2.32. The molecule has 3 heterocycles. The molecule has 2 aromatic carbocycles. The van der Waals surface area contributed by atoms with Gasteiger partial charge < -0.3 is 9.88 Å². The van der Waals surface area contributed by atoms with Crippen LogP contribution in [-0.2, 0) is 0 Å². The molecule has 1 atom stereocenters. The maximum absolute atomic E-state index is 13.5. The Morgan fingerprint density at radius 1 is 1.15 bits per heavy atom. The van der Waals surface area contributed by atoms with E-state index in [1.54, 1.807) is 6.07 Å². The van der Waals surface area contributed by atoms with Gasteiger partial charge in [0.1, 0.15) is 11.6 Å². The van der Waals surface area contributed by atoms with Crippen LogP contribution in [0.3, 0.4) is 0 Å². The van der Waals surface area contributed by atoms with Crippen LogP contribution in [0.4, 0.5) is 4.39 Å². The van der Waals surface area contributed by atoms with E-state index >= 15 is 0 Å². The summed E-state index contributed by atoms with van der Waals surface area (Å²) in [6.45, 7) is 0.649. The lowest BCUT2D eigenvalue weighted by Gasteiger charge is -2.34. The van der Waals surface area contributed by atoms with Crippen molar-refractivity contribution >= 4 is 27.8 Å². The van der Waals surface area contributed by atoms with Crippen LogP contribution in [0, 0.1) is 5.82 Å². The summed E-state index contributed by atoms with van der Waals surface area (Å²) in [6, 6.07) is 11.9. The Balaban J connectivity index is 1.54. The van der Waals surface area contributed by atoms with E-state index in [0.717, 1.165) is 30.2 Å². The highest BCUT2D eigenvalue weighted by atomic mass is 19.1. The molecule has 2 N–H and O–H groups in total. The normalized spacial score (nSPS) is 17.7. The van der Waals surface area contributed by atoms with Gasteiger partial charge in [0.25, 0.3) is 5.91 Å². The molecule has 0 bridgehead atoms. The van der Waals surface area contributed by atoms with Gasteiger partial charge in [0, 0.05) is 11.9 Å². The molecule has 0 spiro atoms. The van der Waals surface area contributed by atoms with Gasteiger partial charge in [-0.1, -0.05) is 18.2 Å². The van der Waals surface area contributed by atoms with Gasteiger partial charge >= 0.3 is 0 Å². The Bertz CT molecular complexity index is 1150. The van der Waals surface area contributed by atoms with Crippen LogP contribution in [0.1, 0.15) is 41.6 Å². The van der Waals surface area contributed by atoms with Gasteiger partial charge in [0.2, 0.25) is 0 Å². The van der Waals surface area contributed by atoms with Crippen molar-refractivity contribution in [2.75, 3.05) is 6.54 Å². The summed E-state index contributed by atoms with van der Waals surface area (Å²) < 4.78 is 13.5. The summed E-state index contributed by atoms with van der Waals surface area (Å²) in [7, 11) is 0. The Kier molecular flexibility index (Phi) is 3.67. The molecule has 136 valence electrons. The molecule has 0 radical (unpaired) electrons. The second kappa shape index (κ2) is 6.19. The molecule has 7 heteroatoms. The van der Waals surface area contributed by atoms with Crippen LogP contribution in [-0.4, -0.2) is 37.5 Å². The van der Waals surface area contributed by atoms with Gasteiger partial charge in [-0.05, 0) is 43.5 Å². The van der Waals surface area contributed by atoms with Gasteiger partial charge in [0.15, 0.2) is 5.69 Å². The van der Waals surface area contributed by atoms with Crippen molar-refractivity contribution in [3.63, 3.8) is 0 Å². The van der Waals surface area contributed by atoms with E-state index in [4.69, 9.17) is 0 Å². The number of hydrogen-bond acceptors (Lipinski definition) is 3. The smallest absolute Gasteiger partial charge is 0.275 e. The van der Waals surface area contributed by atoms with Crippen LogP contribution in [0.2, 0.25) is 0 Å². The van der Waals surface area contributed by atoms with Crippen molar-refractivity contribution in [3.8, 4) is 0 Å². The number of imidazole rings is 1. The fourth-order valence-electron chi connectivity index (χ4n) is 3.88. The third-order valence-corrected chi connectivity index (χ3v) is 5.21. The summed E-state index contributed by atoms with van der Waals surface area (Å²) in [6.07, 6.45) is 2.77. The molecule has 5 rings (SSSR count). The number of piperidine rings is 1. The zero-order chi connectivity index (χ0) is 18.4. The monoisotopic (exact) mass is 363 g/mol. The number of para-hydroxylation sites is 1. The van der Waals surface area contributed by atoms with Gasteiger partial charge in [-0.3, -0.25) is 9.89 Å². The third-order valence-electron chi connectivity index (χ3n) is 5.21. The lowest BCUT2D eigenvalue weighted by Crippen LogP contribution is -2.39. The first-order valence-corrected chi connectivity index (χ1v) is 9.10. The van der Waals surface area contributed by atoms with Crippen molar-refractivity contribution in [3.05, 3.63) is 59.8 Å². The molecule has 4 aromatic rings. The Morgan fingerprint density at radius 2 is 2.04 bits per heavy atom. The van der Waals surface area contributed by atoms with Crippen LogP contribution >= 0.6 is 0 Å². The lowest BCUT2D eigenvalue weighted by molar-refractivity contribution is 0.0597. The lowest BCUT2D eigenvalue weighted by atomic mass is 10.0. The average Bonchev–Trinajstić information content (AvgIpc) is 3.31. The first-order valence-electron chi connectivity index (χ1n) is 9.10. The number of rotatable bonds is 2. The van der Waals surface area contributed by atoms with Crippen molar-refractivity contribution < 1.29 is 9.18 Å². The molecule has 0 aliphatic carbocycles. The number of nitrogens with zero attached hydrogens (tertiary/aromatic N) is 3. The average molecular weight is 363 g/mol. The molecule has 1 amide bonds. The van der Waals surface area contributed by atoms with Crippen LogP contribution < -0.4 is 0 Å². The van der Waals surface area contributed by atoms with Gasteiger partial charge in [-0.2, -0.15) is 5.10 Å². The van der Waals surface area contributed by atoms with Crippen molar-refractivity contribution in [1.29, 1.82) is 0 Å². The zero-order valence-electron chi connectivity index (χ0n) is 14.6. The zero-order valence-corrected chi connectivity index (χ0v) is 14.6. The number of carbonyl (C=O) groups is 1. The second-order valence-corrected chi connectivity index (χ2v) is 6.91. The van der Waals surface area contributed by atoms with E-state index in [9.17, 15) is 9.18 Å². The molecule has 1 aliphatic rings. The van der Waals surface area contributed by atoms with Crippen molar-refractivity contribution in [2.45, 2.75) is 25.3 Å². The first-order chi connectivity index (χ1) is 13.2. The molecule has 2 aromatic heterocycles. The molecule has 0 saturated carbocycles. The van der Waals surface area contributed by atoms with Crippen LogP contribution in [0.25, 0.3) is 21.9 Å². The Morgan fingerprint density at radius 3 is 2.96 bits per heavy atom. The maximum Gasteiger partial charge on any atom is 0.275 e. The summed E-state index contributed by atoms with van der Waals surface area (Å²) in [5.74, 6) is 0.282. The Hall–Kier alpha value is -3.22. The van der Waals surface area contributed by atoms with Gasteiger partial charge in [0.05, 0.1) is 22.6 Å². The van der Waals surface area contributed by atoms with E-state index in [-0.39, 0.29) is 17.8 Å². The third kappa shape index (κ3) is 2.66. The van der Waals surface area contributed by atoms with Crippen LogP contribution in [0.5, 0.6) is 0 Å². The quantitative estimate of drug-likeness (QED) is 0.566. The summed E-state index contributed by atoms with van der Waals surface area (Å²) >= 11 is 0. The van der Waals surface area contributed by atoms with E-state index < -0.39 is 0 Å².